The van der Waals surface area contributed by atoms with Crippen molar-refractivity contribution in [3.05, 3.63) is 62.2 Å². The fraction of sp³-hybridized carbons (Fsp3) is 0.235. The van der Waals surface area contributed by atoms with Crippen LogP contribution < -0.4 is 5.32 Å². The standard InChI is InChI=1S/C17H17ClINO/c1-3-11(2)13-6-4-5-7-16(13)20-17(21)14-10-12(19)8-9-15(14)18/h4-11H,3H2,1-2H3,(H,20,21)/t11-/m1/s1. The Balaban J connectivity index is 2.30. The van der Waals surface area contributed by atoms with E-state index in [9.17, 15) is 4.79 Å². The average Bonchev–Trinajstić information content (AvgIpc) is 2.49. The summed E-state index contributed by atoms with van der Waals surface area (Å²) in [5.74, 6) is 0.224. The lowest BCUT2D eigenvalue weighted by molar-refractivity contribution is 0.102. The van der Waals surface area contributed by atoms with Gasteiger partial charge in [-0.15, -0.1) is 0 Å². The lowest BCUT2D eigenvalue weighted by Gasteiger charge is -2.16. The van der Waals surface area contributed by atoms with Crippen molar-refractivity contribution in [2.24, 2.45) is 0 Å². The first-order valence-electron chi connectivity index (χ1n) is 6.88. The highest BCUT2D eigenvalue weighted by molar-refractivity contribution is 14.1. The molecule has 4 heteroatoms. The topological polar surface area (TPSA) is 29.1 Å². The van der Waals surface area contributed by atoms with Crippen LogP contribution in [0.4, 0.5) is 5.69 Å². The maximum atomic E-state index is 12.5. The Bertz CT molecular complexity index is 657. The molecule has 0 aromatic heterocycles. The minimum absolute atomic E-state index is 0.172. The van der Waals surface area contributed by atoms with E-state index in [0.29, 0.717) is 16.5 Å². The fourth-order valence-electron chi connectivity index (χ4n) is 2.12. The maximum absolute atomic E-state index is 12.5. The van der Waals surface area contributed by atoms with Gasteiger partial charge in [-0.1, -0.05) is 43.6 Å². The number of amides is 1. The van der Waals surface area contributed by atoms with E-state index >= 15 is 0 Å². The van der Waals surface area contributed by atoms with Gasteiger partial charge < -0.3 is 5.32 Å². The van der Waals surface area contributed by atoms with Crippen LogP contribution in [0.1, 0.15) is 42.1 Å². The largest absolute Gasteiger partial charge is 0.322 e. The van der Waals surface area contributed by atoms with Crippen molar-refractivity contribution in [2.45, 2.75) is 26.2 Å². The number of para-hydroxylation sites is 1. The zero-order valence-electron chi connectivity index (χ0n) is 12.0. The molecule has 2 rings (SSSR count). The molecule has 0 saturated heterocycles. The number of benzene rings is 2. The number of hydrogen-bond donors (Lipinski definition) is 1. The Morgan fingerprint density at radius 1 is 1.29 bits per heavy atom. The zero-order valence-corrected chi connectivity index (χ0v) is 14.9. The third-order valence-corrected chi connectivity index (χ3v) is 4.53. The SMILES string of the molecule is CC[C@@H](C)c1ccccc1NC(=O)c1cc(I)ccc1Cl. The molecule has 0 saturated carbocycles. The van der Waals surface area contributed by atoms with Gasteiger partial charge in [0.05, 0.1) is 10.6 Å². The van der Waals surface area contributed by atoms with Crippen LogP contribution in [0.2, 0.25) is 5.02 Å². The molecule has 0 aliphatic heterocycles. The molecule has 2 aromatic rings. The predicted molar refractivity (Wildman–Crippen MR) is 97.3 cm³/mol. The molecule has 2 nitrogen and oxygen atoms in total. The van der Waals surface area contributed by atoms with Gasteiger partial charge in [0.25, 0.3) is 5.91 Å². The Morgan fingerprint density at radius 2 is 2.00 bits per heavy atom. The van der Waals surface area contributed by atoms with Gasteiger partial charge in [0.2, 0.25) is 0 Å². The lowest BCUT2D eigenvalue weighted by Crippen LogP contribution is -2.14. The molecule has 0 heterocycles. The summed E-state index contributed by atoms with van der Waals surface area (Å²) in [5.41, 5.74) is 2.50. The van der Waals surface area contributed by atoms with Crippen LogP contribution >= 0.6 is 34.2 Å². The first kappa shape index (κ1) is 16.3. The minimum Gasteiger partial charge on any atom is -0.322 e. The Kier molecular flexibility index (Phi) is 5.65. The molecular weight excluding hydrogens is 397 g/mol. The molecule has 2 aromatic carbocycles. The Morgan fingerprint density at radius 3 is 2.71 bits per heavy atom. The first-order valence-corrected chi connectivity index (χ1v) is 8.34. The number of rotatable bonds is 4. The molecule has 21 heavy (non-hydrogen) atoms. The van der Waals surface area contributed by atoms with Gasteiger partial charge in [0.15, 0.2) is 0 Å². The summed E-state index contributed by atoms with van der Waals surface area (Å²) in [6.45, 7) is 4.29. The third-order valence-electron chi connectivity index (χ3n) is 3.53. The summed E-state index contributed by atoms with van der Waals surface area (Å²) in [6, 6.07) is 13.3. The van der Waals surface area contributed by atoms with Crippen LogP contribution in [0, 0.1) is 3.57 Å². The molecule has 0 spiro atoms. The van der Waals surface area contributed by atoms with Gasteiger partial charge in [-0.3, -0.25) is 4.79 Å². The van der Waals surface area contributed by atoms with Crippen molar-refractivity contribution >= 4 is 45.8 Å². The second kappa shape index (κ2) is 7.27. The van der Waals surface area contributed by atoms with Crippen LogP contribution in [0.3, 0.4) is 0 Å². The smallest absolute Gasteiger partial charge is 0.257 e. The summed E-state index contributed by atoms with van der Waals surface area (Å²) in [7, 11) is 0. The van der Waals surface area contributed by atoms with Gasteiger partial charge in [-0.2, -0.15) is 0 Å². The summed E-state index contributed by atoms with van der Waals surface area (Å²) in [5, 5.41) is 3.45. The quantitative estimate of drug-likeness (QED) is 0.639. The molecule has 1 atom stereocenters. The Hall–Kier alpha value is -1.07. The molecule has 0 unspecified atom stereocenters. The average molecular weight is 414 g/mol. The highest BCUT2D eigenvalue weighted by Crippen LogP contribution is 2.27. The van der Waals surface area contributed by atoms with Gasteiger partial charge in [0.1, 0.15) is 0 Å². The molecule has 0 fully saturated rings. The van der Waals surface area contributed by atoms with Crippen molar-refractivity contribution in [3.63, 3.8) is 0 Å². The van der Waals surface area contributed by atoms with E-state index in [1.165, 1.54) is 0 Å². The monoisotopic (exact) mass is 413 g/mol. The number of carbonyl (C=O) groups is 1. The number of hydrogen-bond acceptors (Lipinski definition) is 1. The van der Waals surface area contributed by atoms with E-state index in [4.69, 9.17) is 11.6 Å². The summed E-state index contributed by atoms with van der Waals surface area (Å²) in [6.07, 6.45) is 1.02. The fourth-order valence-corrected chi connectivity index (χ4v) is 2.82. The maximum Gasteiger partial charge on any atom is 0.257 e. The molecule has 1 N–H and O–H groups in total. The van der Waals surface area contributed by atoms with Gasteiger partial charge in [-0.05, 0) is 64.8 Å². The zero-order chi connectivity index (χ0) is 15.4. The van der Waals surface area contributed by atoms with Crippen molar-refractivity contribution in [3.8, 4) is 0 Å². The second-order valence-corrected chi connectivity index (χ2v) is 6.63. The van der Waals surface area contributed by atoms with Crippen LogP contribution in [-0.4, -0.2) is 5.91 Å². The second-order valence-electron chi connectivity index (χ2n) is 4.97. The molecule has 0 radical (unpaired) electrons. The van der Waals surface area contributed by atoms with Crippen LogP contribution in [0.25, 0.3) is 0 Å². The summed E-state index contributed by atoms with van der Waals surface area (Å²) < 4.78 is 0.984. The number of nitrogens with one attached hydrogen (secondary N) is 1. The molecule has 1 amide bonds. The van der Waals surface area contributed by atoms with Crippen molar-refractivity contribution < 1.29 is 4.79 Å². The first-order chi connectivity index (χ1) is 10.0. The Labute approximate surface area is 144 Å². The highest BCUT2D eigenvalue weighted by Gasteiger charge is 2.14. The lowest BCUT2D eigenvalue weighted by atomic mass is 9.97. The number of halogens is 2. The molecule has 0 aliphatic carbocycles. The van der Waals surface area contributed by atoms with E-state index < -0.39 is 0 Å². The molecular formula is C17H17ClINO. The van der Waals surface area contributed by atoms with Crippen LogP contribution in [0.15, 0.2) is 42.5 Å². The van der Waals surface area contributed by atoms with Crippen molar-refractivity contribution in [1.29, 1.82) is 0 Å². The van der Waals surface area contributed by atoms with Gasteiger partial charge >= 0.3 is 0 Å². The van der Waals surface area contributed by atoms with Gasteiger partial charge in [0, 0.05) is 9.26 Å². The third kappa shape index (κ3) is 3.98. The van der Waals surface area contributed by atoms with E-state index in [1.807, 2.05) is 24.3 Å². The molecule has 110 valence electrons. The normalized spacial score (nSPS) is 12.0. The van der Waals surface area contributed by atoms with Crippen molar-refractivity contribution in [2.75, 3.05) is 5.32 Å². The predicted octanol–water partition coefficient (Wildman–Crippen LogP) is 5.71. The molecule has 0 aliphatic rings. The van der Waals surface area contributed by atoms with E-state index in [-0.39, 0.29) is 5.91 Å². The van der Waals surface area contributed by atoms with Crippen LogP contribution in [0.5, 0.6) is 0 Å². The summed E-state index contributed by atoms with van der Waals surface area (Å²) >= 11 is 8.29. The van der Waals surface area contributed by atoms with E-state index in [0.717, 1.165) is 21.2 Å². The molecule has 0 bridgehead atoms. The van der Waals surface area contributed by atoms with Crippen LogP contribution in [-0.2, 0) is 0 Å². The van der Waals surface area contributed by atoms with Gasteiger partial charge in [-0.25, -0.2) is 0 Å². The summed E-state index contributed by atoms with van der Waals surface area (Å²) in [4.78, 5) is 12.5. The number of anilines is 1. The van der Waals surface area contributed by atoms with Crippen molar-refractivity contribution in [1.82, 2.24) is 0 Å². The highest BCUT2D eigenvalue weighted by atomic mass is 127. The minimum atomic E-state index is -0.172. The van der Waals surface area contributed by atoms with E-state index in [1.54, 1.807) is 12.1 Å². The number of carbonyl (C=O) groups excluding carboxylic acids is 1. The van der Waals surface area contributed by atoms with E-state index in [2.05, 4.69) is 47.8 Å².